The molecular weight excluding hydrogens is 158 g/mol. The molecule has 0 amide bonds. The number of hydrogen-bond donors (Lipinski definition) is 0. The molecule has 11 heavy (non-hydrogen) atoms. The van der Waals surface area contributed by atoms with E-state index in [0.29, 0.717) is 10.5 Å². The van der Waals surface area contributed by atoms with E-state index in [2.05, 4.69) is 0 Å². The van der Waals surface area contributed by atoms with Crippen molar-refractivity contribution in [1.29, 1.82) is 5.26 Å². The second-order valence-corrected chi connectivity index (χ2v) is 3.41. The molecule has 56 valence electrons. The molecule has 1 aromatic carbocycles. The van der Waals surface area contributed by atoms with E-state index < -0.39 is 10.8 Å². The predicted molar refractivity (Wildman–Crippen MR) is 43.5 cm³/mol. The average Bonchev–Trinajstić information content (AvgIpc) is 2.04. The standard InChI is InChI=1S/C8H7NOS/c1-11(10)8-5-3-2-4-7(8)6-9/h2-5H,1H3. The Morgan fingerprint density at radius 2 is 2.09 bits per heavy atom. The fourth-order valence-corrected chi connectivity index (χ4v) is 1.50. The summed E-state index contributed by atoms with van der Waals surface area (Å²) in [4.78, 5) is 0.606. The molecule has 2 nitrogen and oxygen atoms in total. The summed E-state index contributed by atoms with van der Waals surface area (Å²) in [5.41, 5.74) is 0.494. The maximum atomic E-state index is 11.0. The van der Waals surface area contributed by atoms with Crippen LogP contribution < -0.4 is 0 Å². The summed E-state index contributed by atoms with van der Waals surface area (Å²) >= 11 is 0. The molecule has 1 atom stereocenters. The second kappa shape index (κ2) is 3.31. The third kappa shape index (κ3) is 1.66. The summed E-state index contributed by atoms with van der Waals surface area (Å²) in [6, 6.07) is 8.88. The average molecular weight is 165 g/mol. The van der Waals surface area contributed by atoms with Crippen LogP contribution in [0.2, 0.25) is 0 Å². The van der Waals surface area contributed by atoms with Gasteiger partial charge in [0.05, 0.1) is 21.3 Å². The molecule has 0 aliphatic carbocycles. The fraction of sp³-hybridized carbons (Fsp3) is 0.125. The van der Waals surface area contributed by atoms with Gasteiger partial charge in [0.2, 0.25) is 0 Å². The third-order valence-electron chi connectivity index (χ3n) is 1.32. The second-order valence-electron chi connectivity index (χ2n) is 2.06. The number of hydrogen-bond acceptors (Lipinski definition) is 2. The minimum atomic E-state index is -1.06. The molecule has 0 aromatic heterocycles. The highest BCUT2D eigenvalue weighted by molar-refractivity contribution is 7.84. The van der Waals surface area contributed by atoms with Crippen LogP contribution >= 0.6 is 0 Å². The first kappa shape index (κ1) is 7.96. The minimum absolute atomic E-state index is 0.494. The van der Waals surface area contributed by atoms with Crippen LogP contribution in [-0.4, -0.2) is 10.5 Å². The minimum Gasteiger partial charge on any atom is -0.255 e. The van der Waals surface area contributed by atoms with E-state index in [0.717, 1.165) is 0 Å². The van der Waals surface area contributed by atoms with Gasteiger partial charge in [0.25, 0.3) is 0 Å². The highest BCUT2D eigenvalue weighted by Crippen LogP contribution is 2.10. The largest absolute Gasteiger partial charge is 0.255 e. The van der Waals surface area contributed by atoms with Crippen molar-refractivity contribution >= 4 is 10.8 Å². The molecule has 0 saturated carbocycles. The normalized spacial score (nSPS) is 12.0. The van der Waals surface area contributed by atoms with E-state index in [4.69, 9.17) is 5.26 Å². The molecule has 0 bridgehead atoms. The first-order chi connectivity index (χ1) is 5.25. The quantitative estimate of drug-likeness (QED) is 0.629. The van der Waals surface area contributed by atoms with Crippen LogP contribution in [0, 0.1) is 11.3 Å². The van der Waals surface area contributed by atoms with Gasteiger partial charge in [0.15, 0.2) is 0 Å². The summed E-state index contributed by atoms with van der Waals surface area (Å²) in [5.74, 6) is 0. The molecule has 3 heteroatoms. The van der Waals surface area contributed by atoms with Crippen molar-refractivity contribution in [3.63, 3.8) is 0 Å². The first-order valence-corrected chi connectivity index (χ1v) is 4.64. The third-order valence-corrected chi connectivity index (χ3v) is 2.29. The zero-order valence-electron chi connectivity index (χ0n) is 6.07. The van der Waals surface area contributed by atoms with Gasteiger partial charge in [-0.25, -0.2) is 0 Å². The maximum Gasteiger partial charge on any atom is 0.100 e. The zero-order valence-corrected chi connectivity index (χ0v) is 6.89. The van der Waals surface area contributed by atoms with Crippen LogP contribution in [0.3, 0.4) is 0 Å². The van der Waals surface area contributed by atoms with E-state index in [1.165, 1.54) is 0 Å². The Labute approximate surface area is 67.9 Å². The molecule has 0 N–H and O–H groups in total. The van der Waals surface area contributed by atoms with Crippen molar-refractivity contribution in [1.82, 2.24) is 0 Å². The van der Waals surface area contributed by atoms with Crippen molar-refractivity contribution < 1.29 is 4.21 Å². The Kier molecular flexibility index (Phi) is 2.40. The lowest BCUT2D eigenvalue weighted by molar-refractivity contribution is 0.686. The van der Waals surface area contributed by atoms with Gasteiger partial charge in [-0.05, 0) is 12.1 Å². The molecule has 1 rings (SSSR count). The van der Waals surface area contributed by atoms with Gasteiger partial charge in [-0.2, -0.15) is 5.26 Å². The molecule has 1 unspecified atom stereocenters. The summed E-state index contributed by atoms with van der Waals surface area (Å²) < 4.78 is 11.0. The van der Waals surface area contributed by atoms with Gasteiger partial charge in [-0.3, -0.25) is 4.21 Å². The molecule has 0 aliphatic heterocycles. The van der Waals surface area contributed by atoms with E-state index in [1.807, 2.05) is 6.07 Å². The first-order valence-electron chi connectivity index (χ1n) is 3.08. The Bertz CT molecular complexity index is 327. The highest BCUT2D eigenvalue weighted by atomic mass is 32.2. The molecule has 0 heterocycles. The van der Waals surface area contributed by atoms with Gasteiger partial charge in [-0.15, -0.1) is 0 Å². The molecule has 0 saturated heterocycles. The summed E-state index contributed by atoms with van der Waals surface area (Å²) in [7, 11) is -1.06. The van der Waals surface area contributed by atoms with E-state index in [1.54, 1.807) is 30.5 Å². The van der Waals surface area contributed by atoms with Crippen LogP contribution in [0.1, 0.15) is 5.56 Å². The zero-order chi connectivity index (χ0) is 8.27. The SMILES string of the molecule is CS(=O)c1ccccc1C#N. The van der Waals surface area contributed by atoms with Crippen LogP contribution in [0.5, 0.6) is 0 Å². The molecule has 0 fully saturated rings. The Morgan fingerprint density at radius 3 is 2.55 bits per heavy atom. The van der Waals surface area contributed by atoms with Crippen LogP contribution in [0.4, 0.5) is 0 Å². The van der Waals surface area contributed by atoms with Crippen molar-refractivity contribution in [2.75, 3.05) is 6.26 Å². The van der Waals surface area contributed by atoms with Crippen molar-refractivity contribution in [3.8, 4) is 6.07 Å². The molecule has 0 spiro atoms. The number of benzene rings is 1. The lowest BCUT2D eigenvalue weighted by Gasteiger charge is -1.96. The van der Waals surface area contributed by atoms with Gasteiger partial charge in [0.1, 0.15) is 6.07 Å². The number of nitrogens with zero attached hydrogens (tertiary/aromatic N) is 1. The van der Waals surface area contributed by atoms with Crippen LogP contribution in [0.15, 0.2) is 29.2 Å². The predicted octanol–water partition coefficient (Wildman–Crippen LogP) is 1.30. The lowest BCUT2D eigenvalue weighted by atomic mass is 10.2. The fourth-order valence-electron chi connectivity index (χ4n) is 0.810. The van der Waals surface area contributed by atoms with Gasteiger partial charge >= 0.3 is 0 Å². The number of nitriles is 1. The highest BCUT2D eigenvalue weighted by Gasteiger charge is 2.02. The Hall–Kier alpha value is -1.14. The van der Waals surface area contributed by atoms with Crippen LogP contribution in [-0.2, 0) is 10.8 Å². The number of rotatable bonds is 1. The maximum absolute atomic E-state index is 11.0. The summed E-state index contributed by atoms with van der Waals surface area (Å²) in [6.45, 7) is 0. The van der Waals surface area contributed by atoms with E-state index >= 15 is 0 Å². The smallest absolute Gasteiger partial charge is 0.100 e. The topological polar surface area (TPSA) is 40.9 Å². The van der Waals surface area contributed by atoms with Crippen LogP contribution in [0.25, 0.3) is 0 Å². The van der Waals surface area contributed by atoms with E-state index in [-0.39, 0.29) is 0 Å². The summed E-state index contributed by atoms with van der Waals surface area (Å²) in [6.07, 6.45) is 1.57. The molecule has 1 aromatic rings. The van der Waals surface area contributed by atoms with Crippen molar-refractivity contribution in [3.05, 3.63) is 29.8 Å². The van der Waals surface area contributed by atoms with Gasteiger partial charge < -0.3 is 0 Å². The monoisotopic (exact) mass is 165 g/mol. The molecule has 0 radical (unpaired) electrons. The van der Waals surface area contributed by atoms with Gasteiger partial charge in [-0.1, -0.05) is 12.1 Å². The van der Waals surface area contributed by atoms with Gasteiger partial charge in [0, 0.05) is 6.26 Å². The Balaban J connectivity index is 3.26. The van der Waals surface area contributed by atoms with Crippen molar-refractivity contribution in [2.45, 2.75) is 4.90 Å². The molecular formula is C8H7NOS. The van der Waals surface area contributed by atoms with Crippen molar-refractivity contribution in [2.24, 2.45) is 0 Å². The summed E-state index contributed by atoms with van der Waals surface area (Å²) in [5, 5.41) is 8.58. The van der Waals surface area contributed by atoms with E-state index in [9.17, 15) is 4.21 Å². The Morgan fingerprint density at radius 1 is 1.45 bits per heavy atom. The lowest BCUT2D eigenvalue weighted by Crippen LogP contribution is -1.90. The molecule has 0 aliphatic rings.